The van der Waals surface area contributed by atoms with Crippen LogP contribution < -0.4 is 11.1 Å². The molecule has 1 amide bonds. The minimum Gasteiger partial charge on any atom is -0.407 e. The smallest absolute Gasteiger partial charge is 0.407 e. The summed E-state index contributed by atoms with van der Waals surface area (Å²) >= 11 is 0. The number of hydrogen-bond acceptors (Lipinski definition) is 5. The van der Waals surface area contributed by atoms with Gasteiger partial charge in [-0.1, -0.05) is 42.5 Å². The second-order valence-electron chi connectivity index (χ2n) is 6.72. The zero-order valence-corrected chi connectivity index (χ0v) is 15.5. The van der Waals surface area contributed by atoms with Gasteiger partial charge in [0.1, 0.15) is 6.54 Å². The fourth-order valence-corrected chi connectivity index (χ4v) is 3.45. The molecule has 4 aromatic rings. The Morgan fingerprint density at radius 2 is 1.93 bits per heavy atom. The summed E-state index contributed by atoms with van der Waals surface area (Å²) in [6.45, 7) is 1.62. The highest BCUT2D eigenvalue weighted by Crippen LogP contribution is 2.24. The van der Waals surface area contributed by atoms with Crippen LogP contribution in [0.4, 0.5) is 5.69 Å². The Morgan fingerprint density at radius 3 is 2.72 bits per heavy atom. The summed E-state index contributed by atoms with van der Waals surface area (Å²) in [6.07, 6.45) is 0. The van der Waals surface area contributed by atoms with E-state index in [-0.39, 0.29) is 29.8 Å². The van der Waals surface area contributed by atoms with Crippen molar-refractivity contribution in [3.63, 3.8) is 0 Å². The Labute approximate surface area is 164 Å². The molecule has 0 saturated carbocycles. The zero-order chi connectivity index (χ0) is 20.5. The SMILES string of the molecule is CC(NC(=O)Cn1c(=O)oc2cc([N+](=O)[O-])ccc21)c1cccc2ccccc12. The molecule has 0 spiro atoms. The molecule has 1 N–H and O–H groups in total. The Hall–Kier alpha value is -3.94. The number of nitrogens with one attached hydrogen (secondary N) is 1. The number of hydrogen-bond donors (Lipinski definition) is 1. The van der Waals surface area contributed by atoms with Gasteiger partial charge in [-0.05, 0) is 29.3 Å². The largest absolute Gasteiger partial charge is 0.420 e. The number of non-ortho nitro benzene ring substituents is 1. The second-order valence-corrected chi connectivity index (χ2v) is 6.72. The summed E-state index contributed by atoms with van der Waals surface area (Å²) in [7, 11) is 0. The highest BCUT2D eigenvalue weighted by molar-refractivity contribution is 5.87. The van der Waals surface area contributed by atoms with Crippen molar-refractivity contribution in [3.8, 4) is 0 Å². The van der Waals surface area contributed by atoms with Gasteiger partial charge in [0, 0.05) is 6.07 Å². The van der Waals surface area contributed by atoms with E-state index in [0.717, 1.165) is 20.9 Å². The van der Waals surface area contributed by atoms with E-state index in [9.17, 15) is 19.7 Å². The third-order valence-electron chi connectivity index (χ3n) is 4.83. The van der Waals surface area contributed by atoms with Gasteiger partial charge in [-0.25, -0.2) is 4.79 Å². The normalized spacial score (nSPS) is 12.2. The maximum Gasteiger partial charge on any atom is 0.420 e. The lowest BCUT2D eigenvalue weighted by Crippen LogP contribution is -2.32. The Bertz CT molecular complexity index is 1300. The average Bonchev–Trinajstić information content (AvgIpc) is 3.01. The quantitative estimate of drug-likeness (QED) is 0.414. The van der Waals surface area contributed by atoms with E-state index in [0.29, 0.717) is 5.52 Å². The molecule has 1 atom stereocenters. The lowest BCUT2D eigenvalue weighted by molar-refractivity contribution is -0.384. The summed E-state index contributed by atoms with van der Waals surface area (Å²) in [5.41, 5.74) is 1.18. The number of aromatic nitrogens is 1. The molecule has 1 unspecified atom stereocenters. The van der Waals surface area contributed by atoms with Crippen molar-refractivity contribution in [3.05, 3.63) is 86.9 Å². The zero-order valence-electron chi connectivity index (χ0n) is 15.5. The number of nitro groups is 1. The molecule has 0 aliphatic rings. The highest BCUT2D eigenvalue weighted by atomic mass is 16.6. The van der Waals surface area contributed by atoms with E-state index in [1.54, 1.807) is 0 Å². The minimum absolute atomic E-state index is 0.0686. The lowest BCUT2D eigenvalue weighted by atomic mass is 10.00. The first kappa shape index (κ1) is 18.4. The van der Waals surface area contributed by atoms with Crippen molar-refractivity contribution in [2.45, 2.75) is 19.5 Å². The number of rotatable bonds is 5. The van der Waals surface area contributed by atoms with E-state index >= 15 is 0 Å². The first-order valence-corrected chi connectivity index (χ1v) is 8.99. The summed E-state index contributed by atoms with van der Waals surface area (Å²) in [5, 5.41) is 15.9. The Balaban J connectivity index is 1.57. The summed E-state index contributed by atoms with van der Waals surface area (Å²) in [6, 6.07) is 17.3. The van der Waals surface area contributed by atoms with Gasteiger partial charge in [0.05, 0.1) is 22.5 Å². The molecule has 0 bridgehead atoms. The molecule has 1 aromatic heterocycles. The fourth-order valence-electron chi connectivity index (χ4n) is 3.45. The summed E-state index contributed by atoms with van der Waals surface area (Å²) < 4.78 is 6.22. The molecule has 1 heterocycles. The number of oxazole rings is 1. The number of nitro benzene ring substituents is 1. The third-order valence-corrected chi connectivity index (χ3v) is 4.83. The first-order chi connectivity index (χ1) is 13.9. The van der Waals surface area contributed by atoms with Crippen LogP contribution in [0, 0.1) is 10.1 Å². The van der Waals surface area contributed by atoms with Gasteiger partial charge in [-0.2, -0.15) is 0 Å². The van der Waals surface area contributed by atoms with E-state index in [2.05, 4.69) is 5.32 Å². The van der Waals surface area contributed by atoms with Gasteiger partial charge in [0.2, 0.25) is 5.91 Å². The van der Waals surface area contributed by atoms with Crippen LogP contribution in [0.2, 0.25) is 0 Å². The van der Waals surface area contributed by atoms with Gasteiger partial charge >= 0.3 is 5.76 Å². The molecule has 0 radical (unpaired) electrons. The summed E-state index contributed by atoms with van der Waals surface area (Å²) in [5.74, 6) is -1.11. The minimum atomic E-state index is -0.742. The number of carbonyl (C=O) groups is 1. The van der Waals surface area contributed by atoms with Crippen molar-refractivity contribution in [1.29, 1.82) is 0 Å². The number of carbonyl (C=O) groups excluding carboxylic acids is 1. The van der Waals surface area contributed by atoms with Gasteiger partial charge in [-0.15, -0.1) is 0 Å². The van der Waals surface area contributed by atoms with Crippen molar-refractivity contribution < 1.29 is 14.1 Å². The summed E-state index contributed by atoms with van der Waals surface area (Å²) in [4.78, 5) is 35.0. The van der Waals surface area contributed by atoms with Crippen LogP contribution in [0.5, 0.6) is 0 Å². The van der Waals surface area contributed by atoms with Crippen molar-refractivity contribution >= 4 is 33.5 Å². The number of nitrogens with zero attached hydrogens (tertiary/aromatic N) is 2. The third kappa shape index (κ3) is 3.47. The van der Waals surface area contributed by atoms with Gasteiger partial charge in [-0.3, -0.25) is 19.5 Å². The lowest BCUT2D eigenvalue weighted by Gasteiger charge is -2.16. The number of amides is 1. The van der Waals surface area contributed by atoms with Crippen molar-refractivity contribution in [1.82, 2.24) is 9.88 Å². The van der Waals surface area contributed by atoms with Crippen LogP contribution in [0.15, 0.2) is 69.9 Å². The highest BCUT2D eigenvalue weighted by Gasteiger charge is 2.18. The van der Waals surface area contributed by atoms with Crippen molar-refractivity contribution in [2.75, 3.05) is 0 Å². The standard InChI is InChI=1S/C21H17N3O5/c1-13(16-8-4-6-14-5-2-3-7-17(14)16)22-20(25)12-23-18-10-9-15(24(27)28)11-19(18)29-21(23)26/h2-11,13H,12H2,1H3,(H,22,25). The molecule has 0 saturated heterocycles. The number of benzene rings is 3. The molecular weight excluding hydrogens is 374 g/mol. The molecule has 146 valence electrons. The molecule has 0 aliphatic heterocycles. The van der Waals surface area contributed by atoms with Crippen LogP contribution in [-0.4, -0.2) is 15.4 Å². The molecule has 8 heteroatoms. The molecule has 0 fully saturated rings. The molecular formula is C21H17N3O5. The molecule has 8 nitrogen and oxygen atoms in total. The average molecular weight is 391 g/mol. The van der Waals surface area contributed by atoms with Gasteiger partial charge in [0.15, 0.2) is 5.58 Å². The van der Waals surface area contributed by atoms with Crippen molar-refractivity contribution in [2.24, 2.45) is 0 Å². The van der Waals surface area contributed by atoms with Crippen LogP contribution in [0.25, 0.3) is 21.9 Å². The Morgan fingerprint density at radius 1 is 1.17 bits per heavy atom. The van der Waals surface area contributed by atoms with Gasteiger partial charge in [0.25, 0.3) is 5.69 Å². The maximum absolute atomic E-state index is 12.6. The van der Waals surface area contributed by atoms with Crippen LogP contribution in [-0.2, 0) is 11.3 Å². The molecule has 0 aliphatic carbocycles. The van der Waals surface area contributed by atoms with Crippen LogP contribution in [0.1, 0.15) is 18.5 Å². The second kappa shape index (κ2) is 7.23. The first-order valence-electron chi connectivity index (χ1n) is 8.99. The number of fused-ring (bicyclic) bond motifs is 2. The van der Waals surface area contributed by atoms with E-state index in [1.165, 1.54) is 18.2 Å². The predicted octanol–water partition coefficient (Wildman–Crippen LogP) is 3.53. The predicted molar refractivity (Wildman–Crippen MR) is 108 cm³/mol. The molecule has 3 aromatic carbocycles. The fraction of sp³-hybridized carbons (Fsp3) is 0.143. The van der Waals surface area contributed by atoms with Crippen LogP contribution >= 0.6 is 0 Å². The Kier molecular flexibility index (Phi) is 4.59. The monoisotopic (exact) mass is 391 g/mol. The van der Waals surface area contributed by atoms with E-state index in [1.807, 2.05) is 49.4 Å². The topological polar surface area (TPSA) is 107 Å². The van der Waals surface area contributed by atoms with E-state index in [4.69, 9.17) is 4.42 Å². The molecule has 4 rings (SSSR count). The van der Waals surface area contributed by atoms with Gasteiger partial charge < -0.3 is 9.73 Å². The molecule has 29 heavy (non-hydrogen) atoms. The van der Waals surface area contributed by atoms with E-state index < -0.39 is 10.7 Å². The maximum atomic E-state index is 12.6. The van der Waals surface area contributed by atoms with Crippen LogP contribution in [0.3, 0.4) is 0 Å².